The Morgan fingerprint density at radius 3 is 2.50 bits per heavy atom. The number of aromatic carboxylic acids is 1. The van der Waals surface area contributed by atoms with Gasteiger partial charge in [0, 0.05) is 11.2 Å². The Morgan fingerprint density at radius 1 is 1.30 bits per heavy atom. The molecular formula is C14H18N2O4. The SMILES string of the molecule is CC(C)(NC(=O)Nc1ccc(O)c(C(=O)O)c1)C1CC1. The smallest absolute Gasteiger partial charge is 0.339 e. The number of aromatic hydroxyl groups is 1. The van der Waals surface area contributed by atoms with E-state index in [0.29, 0.717) is 11.6 Å². The molecular weight excluding hydrogens is 260 g/mol. The second-order valence-electron chi connectivity index (χ2n) is 5.61. The van der Waals surface area contributed by atoms with Crippen LogP contribution in [0.5, 0.6) is 5.75 Å². The van der Waals surface area contributed by atoms with Gasteiger partial charge in [-0.1, -0.05) is 0 Å². The molecule has 0 radical (unpaired) electrons. The molecule has 2 rings (SSSR count). The van der Waals surface area contributed by atoms with Gasteiger partial charge in [0.2, 0.25) is 0 Å². The Labute approximate surface area is 116 Å². The van der Waals surface area contributed by atoms with E-state index in [9.17, 15) is 14.7 Å². The van der Waals surface area contributed by atoms with Crippen molar-refractivity contribution in [1.82, 2.24) is 5.32 Å². The third kappa shape index (κ3) is 3.20. The first-order valence-electron chi connectivity index (χ1n) is 6.45. The molecule has 0 bridgehead atoms. The summed E-state index contributed by atoms with van der Waals surface area (Å²) in [5, 5.41) is 23.7. The van der Waals surface area contributed by atoms with Gasteiger partial charge in [0.05, 0.1) is 0 Å². The minimum Gasteiger partial charge on any atom is -0.507 e. The molecule has 0 unspecified atom stereocenters. The molecule has 1 aromatic rings. The molecule has 1 aliphatic carbocycles. The zero-order chi connectivity index (χ0) is 14.9. The number of amides is 2. The van der Waals surface area contributed by atoms with Crippen molar-refractivity contribution in [2.24, 2.45) is 5.92 Å². The number of carboxylic acid groups (broad SMARTS) is 1. The lowest BCUT2D eigenvalue weighted by Crippen LogP contribution is -2.47. The summed E-state index contributed by atoms with van der Waals surface area (Å²) in [4.78, 5) is 22.8. The lowest BCUT2D eigenvalue weighted by Gasteiger charge is -2.26. The number of urea groups is 1. The van der Waals surface area contributed by atoms with Gasteiger partial charge >= 0.3 is 12.0 Å². The van der Waals surface area contributed by atoms with Crippen LogP contribution in [0, 0.1) is 5.92 Å². The fourth-order valence-corrected chi connectivity index (χ4v) is 2.15. The van der Waals surface area contributed by atoms with Gasteiger partial charge in [0.1, 0.15) is 11.3 Å². The van der Waals surface area contributed by atoms with Crippen LogP contribution in [0.3, 0.4) is 0 Å². The van der Waals surface area contributed by atoms with E-state index in [4.69, 9.17) is 5.11 Å². The molecule has 0 aliphatic heterocycles. The van der Waals surface area contributed by atoms with Crippen molar-refractivity contribution in [2.75, 3.05) is 5.32 Å². The Morgan fingerprint density at radius 2 is 1.95 bits per heavy atom. The van der Waals surface area contributed by atoms with E-state index < -0.39 is 5.97 Å². The highest BCUT2D eigenvalue weighted by molar-refractivity contribution is 5.95. The fourth-order valence-electron chi connectivity index (χ4n) is 2.15. The molecule has 0 spiro atoms. The zero-order valence-electron chi connectivity index (χ0n) is 11.4. The monoisotopic (exact) mass is 278 g/mol. The molecule has 4 N–H and O–H groups in total. The van der Waals surface area contributed by atoms with Crippen molar-refractivity contribution in [1.29, 1.82) is 0 Å². The Kier molecular flexibility index (Phi) is 3.57. The maximum atomic E-state index is 11.9. The number of phenols is 1. The minimum absolute atomic E-state index is 0.246. The van der Waals surface area contributed by atoms with Crippen LogP contribution in [0.2, 0.25) is 0 Å². The number of hydrogen-bond donors (Lipinski definition) is 4. The van der Waals surface area contributed by atoms with Gasteiger partial charge in [0.25, 0.3) is 0 Å². The summed E-state index contributed by atoms with van der Waals surface area (Å²) >= 11 is 0. The third-order valence-corrected chi connectivity index (χ3v) is 3.52. The lowest BCUT2D eigenvalue weighted by atomic mass is 9.99. The number of anilines is 1. The molecule has 0 aromatic heterocycles. The molecule has 1 aliphatic rings. The van der Waals surface area contributed by atoms with Gasteiger partial charge in [-0.3, -0.25) is 0 Å². The Balaban J connectivity index is 2.04. The van der Waals surface area contributed by atoms with Crippen LogP contribution < -0.4 is 10.6 Å². The van der Waals surface area contributed by atoms with Crippen molar-refractivity contribution >= 4 is 17.7 Å². The van der Waals surface area contributed by atoms with E-state index in [1.165, 1.54) is 18.2 Å². The van der Waals surface area contributed by atoms with Crippen molar-refractivity contribution in [3.63, 3.8) is 0 Å². The maximum Gasteiger partial charge on any atom is 0.339 e. The molecule has 1 saturated carbocycles. The van der Waals surface area contributed by atoms with Gasteiger partial charge in [-0.2, -0.15) is 0 Å². The average Bonchev–Trinajstić information content (AvgIpc) is 3.14. The number of carbonyl (C=O) groups excluding carboxylic acids is 1. The standard InChI is InChI=1S/C14H18N2O4/c1-14(2,8-3-4-8)16-13(20)15-9-5-6-11(17)10(7-9)12(18)19/h5-8,17H,3-4H2,1-2H3,(H,18,19)(H2,15,16,20). The second-order valence-corrected chi connectivity index (χ2v) is 5.61. The molecule has 0 saturated heterocycles. The van der Waals surface area contributed by atoms with E-state index in [0.717, 1.165) is 12.8 Å². The summed E-state index contributed by atoms with van der Waals surface area (Å²) in [6.45, 7) is 3.92. The van der Waals surface area contributed by atoms with Gasteiger partial charge in [-0.05, 0) is 50.8 Å². The van der Waals surface area contributed by atoms with Crippen molar-refractivity contribution < 1.29 is 19.8 Å². The summed E-state index contributed by atoms with van der Waals surface area (Å²) < 4.78 is 0. The minimum atomic E-state index is -1.25. The van der Waals surface area contributed by atoms with Gasteiger partial charge in [-0.15, -0.1) is 0 Å². The summed E-state index contributed by atoms with van der Waals surface area (Å²) in [6.07, 6.45) is 2.21. The first kappa shape index (κ1) is 14.2. The van der Waals surface area contributed by atoms with E-state index in [2.05, 4.69) is 10.6 Å². The van der Waals surface area contributed by atoms with E-state index in [1.807, 2.05) is 13.8 Å². The first-order valence-corrected chi connectivity index (χ1v) is 6.45. The molecule has 6 heteroatoms. The fraction of sp³-hybridized carbons (Fsp3) is 0.429. The molecule has 1 aromatic carbocycles. The predicted octanol–water partition coefficient (Wildman–Crippen LogP) is 2.40. The summed E-state index contributed by atoms with van der Waals surface area (Å²) in [5.41, 5.74) is -0.204. The molecule has 20 heavy (non-hydrogen) atoms. The number of nitrogens with one attached hydrogen (secondary N) is 2. The van der Waals surface area contributed by atoms with E-state index >= 15 is 0 Å². The maximum absolute atomic E-state index is 11.9. The van der Waals surface area contributed by atoms with Crippen LogP contribution in [0.15, 0.2) is 18.2 Å². The van der Waals surface area contributed by atoms with Crippen molar-refractivity contribution in [2.45, 2.75) is 32.2 Å². The van der Waals surface area contributed by atoms with Gasteiger partial charge in [-0.25, -0.2) is 9.59 Å². The van der Waals surface area contributed by atoms with Crippen LogP contribution in [0.4, 0.5) is 10.5 Å². The molecule has 2 amide bonds. The molecule has 0 atom stereocenters. The molecule has 0 heterocycles. The van der Waals surface area contributed by atoms with Crippen LogP contribution in [-0.4, -0.2) is 27.8 Å². The number of rotatable bonds is 4. The third-order valence-electron chi connectivity index (χ3n) is 3.52. The Bertz CT molecular complexity index is 550. The van der Waals surface area contributed by atoms with E-state index in [-0.39, 0.29) is 22.9 Å². The van der Waals surface area contributed by atoms with Crippen LogP contribution in [-0.2, 0) is 0 Å². The number of carboxylic acids is 1. The summed E-state index contributed by atoms with van der Waals surface area (Å²) in [6, 6.07) is 3.53. The number of benzene rings is 1. The topological polar surface area (TPSA) is 98.7 Å². The summed E-state index contributed by atoms with van der Waals surface area (Å²) in [5.74, 6) is -1.09. The van der Waals surface area contributed by atoms with Gasteiger partial charge < -0.3 is 20.8 Å². The summed E-state index contributed by atoms with van der Waals surface area (Å²) in [7, 11) is 0. The first-order chi connectivity index (χ1) is 9.29. The zero-order valence-corrected chi connectivity index (χ0v) is 11.4. The second kappa shape index (κ2) is 5.03. The van der Waals surface area contributed by atoms with Crippen LogP contribution in [0.25, 0.3) is 0 Å². The van der Waals surface area contributed by atoms with Gasteiger partial charge in [0.15, 0.2) is 0 Å². The van der Waals surface area contributed by atoms with Crippen LogP contribution >= 0.6 is 0 Å². The number of hydrogen-bond acceptors (Lipinski definition) is 3. The lowest BCUT2D eigenvalue weighted by molar-refractivity contribution is 0.0693. The molecule has 6 nitrogen and oxygen atoms in total. The van der Waals surface area contributed by atoms with Crippen molar-refractivity contribution in [3.05, 3.63) is 23.8 Å². The average molecular weight is 278 g/mol. The quantitative estimate of drug-likeness (QED) is 0.635. The highest BCUT2D eigenvalue weighted by atomic mass is 16.4. The highest BCUT2D eigenvalue weighted by Gasteiger charge is 2.38. The predicted molar refractivity (Wildman–Crippen MR) is 74.0 cm³/mol. The highest BCUT2D eigenvalue weighted by Crippen LogP contribution is 2.39. The Hall–Kier alpha value is -2.24. The number of carbonyl (C=O) groups is 2. The molecule has 1 fully saturated rings. The van der Waals surface area contributed by atoms with Crippen LogP contribution in [0.1, 0.15) is 37.0 Å². The van der Waals surface area contributed by atoms with Crippen molar-refractivity contribution in [3.8, 4) is 5.75 Å². The largest absolute Gasteiger partial charge is 0.507 e. The molecule has 108 valence electrons. The van der Waals surface area contributed by atoms with E-state index in [1.54, 1.807) is 0 Å². The normalized spacial score (nSPS) is 14.7.